The van der Waals surface area contributed by atoms with E-state index in [1.54, 1.807) is 0 Å². The molecule has 2 aromatic rings. The molecule has 0 aliphatic heterocycles. The van der Waals surface area contributed by atoms with Crippen molar-refractivity contribution in [2.45, 2.75) is 32.6 Å². The van der Waals surface area contributed by atoms with Gasteiger partial charge in [-0.2, -0.15) is 11.8 Å². The van der Waals surface area contributed by atoms with E-state index in [0.717, 1.165) is 36.8 Å². The van der Waals surface area contributed by atoms with Crippen molar-refractivity contribution in [2.24, 2.45) is 0 Å². The maximum atomic E-state index is 4.63. The number of fused-ring (bicyclic) bond motifs is 1. The second-order valence-electron chi connectivity index (χ2n) is 5.04. The lowest BCUT2D eigenvalue weighted by Gasteiger charge is -2.10. The highest BCUT2D eigenvalue weighted by molar-refractivity contribution is 7.98. The van der Waals surface area contributed by atoms with Gasteiger partial charge in [-0.05, 0) is 31.3 Å². The van der Waals surface area contributed by atoms with Crippen LogP contribution >= 0.6 is 11.8 Å². The van der Waals surface area contributed by atoms with Gasteiger partial charge in [0, 0.05) is 25.5 Å². The molecular formula is C15H25N5S. The molecule has 0 atom stereocenters. The van der Waals surface area contributed by atoms with Gasteiger partial charge in [0.15, 0.2) is 11.5 Å². The minimum Gasteiger partial charge on any atom is -0.369 e. The Morgan fingerprint density at radius 3 is 2.90 bits per heavy atom. The molecule has 5 nitrogen and oxygen atoms in total. The first-order chi connectivity index (χ1) is 10.3. The quantitative estimate of drug-likeness (QED) is 0.658. The second kappa shape index (κ2) is 8.77. The molecule has 0 aliphatic rings. The molecule has 0 radical (unpaired) electrons. The lowest BCUT2D eigenvalue weighted by molar-refractivity contribution is 0.748. The van der Waals surface area contributed by atoms with Crippen molar-refractivity contribution in [1.82, 2.24) is 14.4 Å². The number of thioether (sulfide) groups is 1. The number of hydrogen-bond donors (Lipinski definition) is 2. The van der Waals surface area contributed by atoms with Crippen LogP contribution in [0.5, 0.6) is 0 Å². The fraction of sp³-hybridized carbons (Fsp3) is 0.600. The molecule has 0 amide bonds. The van der Waals surface area contributed by atoms with Gasteiger partial charge < -0.3 is 15.0 Å². The number of nitrogens with one attached hydrogen (secondary N) is 2. The molecule has 2 heterocycles. The molecule has 0 aliphatic carbocycles. The standard InChI is InChI=1S/C15H25N5S/c1-3-7-16-13-12-20-10-9-18-15(20)14(19-13)17-8-5-4-6-11-21-2/h9-10,12,16H,3-8,11H2,1-2H3,(H,17,19). The number of rotatable bonds is 10. The summed E-state index contributed by atoms with van der Waals surface area (Å²) in [5.41, 5.74) is 0.890. The van der Waals surface area contributed by atoms with Crippen LogP contribution in [0.15, 0.2) is 18.6 Å². The number of hydrogen-bond acceptors (Lipinski definition) is 5. The Bertz CT molecular complexity index is 540. The van der Waals surface area contributed by atoms with E-state index < -0.39 is 0 Å². The Morgan fingerprint density at radius 1 is 1.19 bits per heavy atom. The van der Waals surface area contributed by atoms with Crippen molar-refractivity contribution < 1.29 is 0 Å². The van der Waals surface area contributed by atoms with Gasteiger partial charge in [-0.15, -0.1) is 0 Å². The summed E-state index contributed by atoms with van der Waals surface area (Å²) in [4.78, 5) is 9.01. The topological polar surface area (TPSA) is 54.2 Å². The van der Waals surface area contributed by atoms with Gasteiger partial charge in [-0.3, -0.25) is 0 Å². The zero-order chi connectivity index (χ0) is 14.9. The lowest BCUT2D eigenvalue weighted by atomic mass is 10.2. The molecule has 0 bridgehead atoms. The molecule has 21 heavy (non-hydrogen) atoms. The monoisotopic (exact) mass is 307 g/mol. The van der Waals surface area contributed by atoms with Crippen molar-refractivity contribution >= 4 is 29.0 Å². The predicted molar refractivity (Wildman–Crippen MR) is 92.5 cm³/mol. The molecule has 6 heteroatoms. The largest absolute Gasteiger partial charge is 0.369 e. The number of aromatic nitrogens is 3. The van der Waals surface area contributed by atoms with Crippen LogP contribution < -0.4 is 10.6 Å². The molecule has 0 aromatic carbocycles. The van der Waals surface area contributed by atoms with E-state index in [2.05, 4.69) is 33.8 Å². The predicted octanol–water partition coefficient (Wildman–Crippen LogP) is 3.50. The van der Waals surface area contributed by atoms with Crippen molar-refractivity contribution in [1.29, 1.82) is 0 Å². The summed E-state index contributed by atoms with van der Waals surface area (Å²) < 4.78 is 2.01. The first kappa shape index (κ1) is 15.9. The van der Waals surface area contributed by atoms with Crippen LogP contribution in [0.2, 0.25) is 0 Å². The van der Waals surface area contributed by atoms with Gasteiger partial charge in [-0.1, -0.05) is 13.3 Å². The normalized spacial score (nSPS) is 11.0. The van der Waals surface area contributed by atoms with Crippen LogP contribution in [-0.4, -0.2) is 39.5 Å². The Morgan fingerprint density at radius 2 is 2.10 bits per heavy atom. The smallest absolute Gasteiger partial charge is 0.180 e. The molecule has 0 saturated heterocycles. The summed E-state index contributed by atoms with van der Waals surface area (Å²) >= 11 is 1.91. The molecule has 0 unspecified atom stereocenters. The molecule has 2 aromatic heterocycles. The third-order valence-electron chi connectivity index (χ3n) is 3.25. The lowest BCUT2D eigenvalue weighted by Crippen LogP contribution is -2.09. The SMILES string of the molecule is CCCNc1cn2ccnc2c(NCCCCCSC)n1. The Balaban J connectivity index is 1.95. The van der Waals surface area contributed by atoms with Crippen LogP contribution in [0, 0.1) is 0 Å². The molecule has 0 spiro atoms. The van der Waals surface area contributed by atoms with Crippen LogP contribution in [0.4, 0.5) is 11.6 Å². The number of imidazole rings is 1. The summed E-state index contributed by atoms with van der Waals surface area (Å²) in [6.45, 7) is 4.03. The maximum absolute atomic E-state index is 4.63. The first-order valence-corrected chi connectivity index (χ1v) is 9.05. The summed E-state index contributed by atoms with van der Waals surface area (Å²) in [5.74, 6) is 3.01. The van der Waals surface area contributed by atoms with Crippen molar-refractivity contribution in [3.8, 4) is 0 Å². The summed E-state index contributed by atoms with van der Waals surface area (Å²) in [7, 11) is 0. The summed E-state index contributed by atoms with van der Waals surface area (Å²) in [6.07, 6.45) is 12.7. The van der Waals surface area contributed by atoms with Crippen LogP contribution in [0.25, 0.3) is 5.65 Å². The van der Waals surface area contributed by atoms with Gasteiger partial charge >= 0.3 is 0 Å². The van der Waals surface area contributed by atoms with Crippen molar-refractivity contribution in [2.75, 3.05) is 35.7 Å². The van der Waals surface area contributed by atoms with E-state index in [-0.39, 0.29) is 0 Å². The van der Waals surface area contributed by atoms with Crippen LogP contribution in [0.3, 0.4) is 0 Å². The second-order valence-corrected chi connectivity index (χ2v) is 6.03. The van der Waals surface area contributed by atoms with E-state index in [1.165, 1.54) is 25.0 Å². The van der Waals surface area contributed by atoms with E-state index in [9.17, 15) is 0 Å². The zero-order valence-electron chi connectivity index (χ0n) is 12.9. The van der Waals surface area contributed by atoms with E-state index in [4.69, 9.17) is 0 Å². The number of unbranched alkanes of at least 4 members (excludes halogenated alkanes) is 2. The van der Waals surface area contributed by atoms with Crippen LogP contribution in [0.1, 0.15) is 32.6 Å². The van der Waals surface area contributed by atoms with Gasteiger partial charge in [0.2, 0.25) is 0 Å². The first-order valence-electron chi connectivity index (χ1n) is 7.65. The summed E-state index contributed by atoms with van der Waals surface area (Å²) in [5, 5.41) is 6.76. The van der Waals surface area contributed by atoms with Crippen molar-refractivity contribution in [3.05, 3.63) is 18.6 Å². The molecular weight excluding hydrogens is 282 g/mol. The number of anilines is 2. The molecule has 116 valence electrons. The highest BCUT2D eigenvalue weighted by Crippen LogP contribution is 2.16. The zero-order valence-corrected chi connectivity index (χ0v) is 13.7. The highest BCUT2D eigenvalue weighted by Gasteiger charge is 2.06. The fourth-order valence-electron chi connectivity index (χ4n) is 2.14. The van der Waals surface area contributed by atoms with Crippen LogP contribution in [-0.2, 0) is 0 Å². The van der Waals surface area contributed by atoms with Gasteiger partial charge in [0.05, 0.1) is 6.20 Å². The minimum absolute atomic E-state index is 0.867. The van der Waals surface area contributed by atoms with Gasteiger partial charge in [-0.25, -0.2) is 9.97 Å². The average Bonchev–Trinajstić information content (AvgIpc) is 2.97. The Kier molecular flexibility index (Phi) is 6.66. The Labute approximate surface area is 130 Å². The number of nitrogens with zero attached hydrogens (tertiary/aromatic N) is 3. The molecule has 0 fully saturated rings. The van der Waals surface area contributed by atoms with Gasteiger partial charge in [0.1, 0.15) is 5.82 Å². The third-order valence-corrected chi connectivity index (χ3v) is 3.94. The maximum Gasteiger partial charge on any atom is 0.180 e. The Hall–Kier alpha value is -1.43. The molecule has 0 saturated carbocycles. The van der Waals surface area contributed by atoms with E-state index in [0.29, 0.717) is 0 Å². The fourth-order valence-corrected chi connectivity index (χ4v) is 2.64. The summed E-state index contributed by atoms with van der Waals surface area (Å²) in [6, 6.07) is 0. The van der Waals surface area contributed by atoms with Crippen molar-refractivity contribution in [3.63, 3.8) is 0 Å². The molecule has 2 N–H and O–H groups in total. The van der Waals surface area contributed by atoms with E-state index >= 15 is 0 Å². The minimum atomic E-state index is 0.867. The third kappa shape index (κ3) is 4.81. The van der Waals surface area contributed by atoms with Gasteiger partial charge in [0.25, 0.3) is 0 Å². The average molecular weight is 307 g/mol. The highest BCUT2D eigenvalue weighted by atomic mass is 32.2. The van der Waals surface area contributed by atoms with E-state index in [1.807, 2.05) is 34.8 Å². The molecule has 2 rings (SSSR count).